The SMILES string of the molecule is Cc1ccc(Br)c(C(=O)c2cnc(C(F)(F)F)s2)c1. The van der Waals surface area contributed by atoms with E-state index in [9.17, 15) is 18.0 Å². The van der Waals surface area contributed by atoms with Crippen LogP contribution in [0.4, 0.5) is 13.2 Å². The standard InChI is InChI=1S/C12H7BrF3NOS/c1-6-2-3-8(13)7(4-6)10(18)9-5-17-11(19-9)12(14,15)16/h2-5H,1H3. The van der Waals surface area contributed by atoms with Crippen molar-refractivity contribution in [3.63, 3.8) is 0 Å². The van der Waals surface area contributed by atoms with Crippen LogP contribution in [0, 0.1) is 6.92 Å². The normalized spacial score (nSPS) is 11.6. The van der Waals surface area contributed by atoms with Gasteiger partial charge in [0.1, 0.15) is 0 Å². The number of carbonyl (C=O) groups excluding carboxylic acids is 1. The van der Waals surface area contributed by atoms with Gasteiger partial charge in [0.05, 0.1) is 4.88 Å². The van der Waals surface area contributed by atoms with Gasteiger partial charge in [0, 0.05) is 16.2 Å². The second kappa shape index (κ2) is 5.05. The van der Waals surface area contributed by atoms with Crippen LogP contribution in [-0.4, -0.2) is 10.8 Å². The van der Waals surface area contributed by atoms with Gasteiger partial charge in [0.25, 0.3) is 0 Å². The van der Waals surface area contributed by atoms with Crippen molar-refractivity contribution in [2.24, 2.45) is 0 Å². The summed E-state index contributed by atoms with van der Waals surface area (Å²) in [6, 6.07) is 5.11. The molecule has 0 fully saturated rings. The summed E-state index contributed by atoms with van der Waals surface area (Å²) >= 11 is 3.57. The lowest BCUT2D eigenvalue weighted by Gasteiger charge is -2.03. The van der Waals surface area contributed by atoms with Crippen LogP contribution in [0.25, 0.3) is 0 Å². The highest BCUT2D eigenvalue weighted by Crippen LogP contribution is 2.33. The van der Waals surface area contributed by atoms with Gasteiger partial charge >= 0.3 is 6.18 Å². The predicted molar refractivity (Wildman–Crippen MR) is 69.4 cm³/mol. The van der Waals surface area contributed by atoms with E-state index in [1.54, 1.807) is 25.1 Å². The fourth-order valence-electron chi connectivity index (χ4n) is 1.46. The highest BCUT2D eigenvalue weighted by Gasteiger charge is 2.35. The first-order chi connectivity index (χ1) is 8.79. The molecule has 0 aliphatic rings. The molecule has 100 valence electrons. The Kier molecular flexibility index (Phi) is 3.78. The van der Waals surface area contributed by atoms with E-state index < -0.39 is 17.0 Å². The fraction of sp³-hybridized carbons (Fsp3) is 0.167. The largest absolute Gasteiger partial charge is 0.443 e. The number of nitrogens with zero attached hydrogens (tertiary/aromatic N) is 1. The molecule has 2 nitrogen and oxygen atoms in total. The molecule has 0 saturated heterocycles. The van der Waals surface area contributed by atoms with Crippen LogP contribution < -0.4 is 0 Å². The highest BCUT2D eigenvalue weighted by atomic mass is 79.9. The Hall–Kier alpha value is -1.21. The number of carbonyl (C=O) groups is 1. The second-order valence-corrected chi connectivity index (χ2v) is 5.72. The van der Waals surface area contributed by atoms with Gasteiger partial charge in [-0.25, -0.2) is 4.98 Å². The minimum absolute atomic E-state index is 0.0291. The van der Waals surface area contributed by atoms with Crippen LogP contribution in [0.15, 0.2) is 28.9 Å². The summed E-state index contributed by atoms with van der Waals surface area (Å²) in [4.78, 5) is 15.3. The van der Waals surface area contributed by atoms with Gasteiger partial charge in [-0.05, 0) is 19.1 Å². The van der Waals surface area contributed by atoms with E-state index in [4.69, 9.17) is 0 Å². The Labute approximate surface area is 119 Å². The van der Waals surface area contributed by atoms with E-state index in [2.05, 4.69) is 20.9 Å². The molecular formula is C12H7BrF3NOS. The molecule has 2 aromatic rings. The number of rotatable bonds is 2. The summed E-state index contributed by atoms with van der Waals surface area (Å²) in [6.07, 6.45) is -3.56. The quantitative estimate of drug-likeness (QED) is 0.749. The van der Waals surface area contributed by atoms with Crippen molar-refractivity contribution in [3.8, 4) is 0 Å². The number of halogens is 4. The van der Waals surface area contributed by atoms with E-state index in [0.29, 0.717) is 21.4 Å². The molecule has 0 N–H and O–H groups in total. The van der Waals surface area contributed by atoms with Gasteiger partial charge in [0.15, 0.2) is 5.01 Å². The van der Waals surface area contributed by atoms with E-state index in [1.165, 1.54) is 0 Å². The minimum atomic E-state index is -4.52. The first-order valence-electron chi connectivity index (χ1n) is 5.13. The van der Waals surface area contributed by atoms with E-state index in [0.717, 1.165) is 11.8 Å². The first kappa shape index (κ1) is 14.2. The number of aromatic nitrogens is 1. The maximum Gasteiger partial charge on any atom is 0.443 e. The summed E-state index contributed by atoms with van der Waals surface area (Å²) in [5, 5.41) is -1.01. The summed E-state index contributed by atoms with van der Waals surface area (Å²) in [5.74, 6) is -0.469. The molecule has 0 aliphatic heterocycles. The van der Waals surface area contributed by atoms with Gasteiger partial charge in [-0.15, -0.1) is 11.3 Å². The summed E-state index contributed by atoms with van der Waals surface area (Å²) in [6.45, 7) is 1.80. The summed E-state index contributed by atoms with van der Waals surface area (Å²) in [7, 11) is 0. The van der Waals surface area contributed by atoms with Crippen molar-refractivity contribution in [3.05, 3.63) is 49.9 Å². The molecule has 0 spiro atoms. The summed E-state index contributed by atoms with van der Waals surface area (Å²) in [5.41, 5.74) is 1.18. The highest BCUT2D eigenvalue weighted by molar-refractivity contribution is 9.10. The van der Waals surface area contributed by atoms with E-state index >= 15 is 0 Å². The lowest BCUT2D eigenvalue weighted by Crippen LogP contribution is -2.03. The fourth-order valence-corrected chi connectivity index (χ4v) is 2.62. The third-order valence-corrected chi connectivity index (χ3v) is 4.07. The smallest absolute Gasteiger partial charge is 0.288 e. The Morgan fingerprint density at radius 2 is 2.05 bits per heavy atom. The van der Waals surface area contributed by atoms with Crippen molar-refractivity contribution in [1.82, 2.24) is 4.98 Å². The van der Waals surface area contributed by atoms with Gasteiger partial charge in [-0.3, -0.25) is 4.79 Å². The lowest BCUT2D eigenvalue weighted by atomic mass is 10.1. The number of aryl methyl sites for hydroxylation is 1. The lowest BCUT2D eigenvalue weighted by molar-refractivity contribution is -0.137. The number of hydrogen-bond donors (Lipinski definition) is 0. The average Bonchev–Trinajstić information content (AvgIpc) is 2.80. The molecule has 19 heavy (non-hydrogen) atoms. The number of ketones is 1. The molecule has 7 heteroatoms. The average molecular weight is 350 g/mol. The van der Waals surface area contributed by atoms with Crippen LogP contribution in [0.1, 0.15) is 25.8 Å². The van der Waals surface area contributed by atoms with Crippen LogP contribution in [0.5, 0.6) is 0 Å². The molecule has 0 unspecified atom stereocenters. The molecule has 0 amide bonds. The number of benzene rings is 1. The molecule has 0 saturated carbocycles. The van der Waals surface area contributed by atoms with Crippen molar-refractivity contribution >= 4 is 33.0 Å². The van der Waals surface area contributed by atoms with Gasteiger partial charge in [-0.2, -0.15) is 13.2 Å². The zero-order chi connectivity index (χ0) is 14.2. The molecule has 0 radical (unpaired) electrons. The van der Waals surface area contributed by atoms with Crippen LogP contribution >= 0.6 is 27.3 Å². The van der Waals surface area contributed by atoms with Crippen LogP contribution in [0.2, 0.25) is 0 Å². The predicted octanol–water partition coefficient (Wildman–Crippen LogP) is 4.46. The maximum atomic E-state index is 12.4. The maximum absolute atomic E-state index is 12.4. The monoisotopic (exact) mass is 349 g/mol. The Bertz CT molecular complexity index is 636. The molecule has 2 rings (SSSR count). The molecule has 1 aromatic heterocycles. The van der Waals surface area contributed by atoms with Crippen LogP contribution in [-0.2, 0) is 6.18 Å². The van der Waals surface area contributed by atoms with Crippen molar-refractivity contribution < 1.29 is 18.0 Å². The molecule has 0 atom stereocenters. The molecular weight excluding hydrogens is 343 g/mol. The van der Waals surface area contributed by atoms with E-state index in [-0.39, 0.29) is 4.88 Å². The third kappa shape index (κ3) is 3.03. The van der Waals surface area contributed by atoms with Gasteiger partial charge in [0.2, 0.25) is 5.78 Å². The van der Waals surface area contributed by atoms with Gasteiger partial charge < -0.3 is 0 Å². The number of thiazole rings is 1. The van der Waals surface area contributed by atoms with Crippen LogP contribution in [0.3, 0.4) is 0 Å². The Morgan fingerprint density at radius 3 is 2.63 bits per heavy atom. The van der Waals surface area contributed by atoms with Crippen molar-refractivity contribution in [2.75, 3.05) is 0 Å². The first-order valence-corrected chi connectivity index (χ1v) is 6.74. The zero-order valence-electron chi connectivity index (χ0n) is 9.58. The number of alkyl halides is 3. The van der Waals surface area contributed by atoms with Crippen molar-refractivity contribution in [2.45, 2.75) is 13.1 Å². The zero-order valence-corrected chi connectivity index (χ0v) is 12.0. The Balaban J connectivity index is 2.39. The topological polar surface area (TPSA) is 30.0 Å². The molecule has 1 aromatic carbocycles. The van der Waals surface area contributed by atoms with Gasteiger partial charge in [-0.1, -0.05) is 27.6 Å². The molecule has 0 aliphatic carbocycles. The minimum Gasteiger partial charge on any atom is -0.288 e. The third-order valence-electron chi connectivity index (χ3n) is 2.34. The second-order valence-electron chi connectivity index (χ2n) is 3.84. The van der Waals surface area contributed by atoms with E-state index in [1.807, 2.05) is 0 Å². The summed E-state index contributed by atoms with van der Waals surface area (Å²) < 4.78 is 37.9. The Morgan fingerprint density at radius 1 is 1.37 bits per heavy atom. The number of hydrogen-bond acceptors (Lipinski definition) is 3. The van der Waals surface area contributed by atoms with Crippen molar-refractivity contribution in [1.29, 1.82) is 0 Å². The molecule has 0 bridgehead atoms. The molecule has 1 heterocycles.